The Kier molecular flexibility index (Phi) is 5.15. The molecule has 0 N–H and O–H groups in total. The molecule has 0 spiro atoms. The predicted molar refractivity (Wildman–Crippen MR) is 106 cm³/mol. The minimum Gasteiger partial charge on any atom is -0.463 e. The summed E-state index contributed by atoms with van der Waals surface area (Å²) in [6.45, 7) is 6.45. The first kappa shape index (κ1) is 19.7. The van der Waals surface area contributed by atoms with Crippen LogP contribution >= 0.6 is 11.6 Å². The normalized spacial score (nSPS) is 48.9. The molecule has 0 amide bonds. The molecule has 4 rings (SSSR count). The topological polar surface area (TPSA) is 43.4 Å². The standard InChI is InChI=1S/C23H35ClO3/c1-14(25)27-16-8-10-22(2)15(12-16)4-5-17-18-6-7-20(21(26)13-24)23(18,3)11-9-19(17)22/h15-20H,4-13H2,1-3H3/t15-,16-,17-,18-,19-,20+,22-,23-/m0/s1. The number of halogens is 1. The number of ether oxygens (including phenoxy) is 1. The average molecular weight is 395 g/mol. The highest BCUT2D eigenvalue weighted by molar-refractivity contribution is 6.28. The zero-order chi connectivity index (χ0) is 19.4. The number of hydrogen-bond acceptors (Lipinski definition) is 3. The van der Waals surface area contributed by atoms with Crippen molar-refractivity contribution in [3.8, 4) is 0 Å². The highest BCUT2D eigenvalue weighted by atomic mass is 35.5. The molecule has 4 aliphatic carbocycles. The molecule has 0 aromatic heterocycles. The van der Waals surface area contributed by atoms with Gasteiger partial charge in [-0.3, -0.25) is 9.59 Å². The fraction of sp³-hybridized carbons (Fsp3) is 0.913. The van der Waals surface area contributed by atoms with Crippen molar-refractivity contribution in [2.45, 2.75) is 84.7 Å². The van der Waals surface area contributed by atoms with Crippen LogP contribution in [0, 0.1) is 40.4 Å². The summed E-state index contributed by atoms with van der Waals surface area (Å²) in [5.74, 6) is 3.43. The number of carbonyl (C=O) groups is 2. The lowest BCUT2D eigenvalue weighted by Gasteiger charge is -2.61. The fourth-order valence-electron chi connectivity index (χ4n) is 8.18. The molecule has 0 saturated heterocycles. The van der Waals surface area contributed by atoms with Crippen molar-refractivity contribution < 1.29 is 14.3 Å². The van der Waals surface area contributed by atoms with E-state index >= 15 is 0 Å². The van der Waals surface area contributed by atoms with Crippen molar-refractivity contribution in [1.82, 2.24) is 0 Å². The van der Waals surface area contributed by atoms with E-state index < -0.39 is 0 Å². The zero-order valence-electron chi connectivity index (χ0n) is 17.1. The highest BCUT2D eigenvalue weighted by Gasteiger charge is 2.61. The third-order valence-electron chi connectivity index (χ3n) is 9.47. The maximum atomic E-state index is 12.5. The highest BCUT2D eigenvalue weighted by Crippen LogP contribution is 2.67. The van der Waals surface area contributed by atoms with Gasteiger partial charge >= 0.3 is 5.97 Å². The van der Waals surface area contributed by atoms with Gasteiger partial charge in [-0.25, -0.2) is 0 Å². The van der Waals surface area contributed by atoms with E-state index in [0.29, 0.717) is 17.3 Å². The fourth-order valence-corrected chi connectivity index (χ4v) is 8.37. The van der Waals surface area contributed by atoms with Gasteiger partial charge in [-0.2, -0.15) is 0 Å². The molecule has 3 nitrogen and oxygen atoms in total. The van der Waals surface area contributed by atoms with Crippen LogP contribution in [-0.4, -0.2) is 23.7 Å². The van der Waals surface area contributed by atoms with E-state index in [0.717, 1.165) is 31.1 Å². The molecule has 4 saturated carbocycles. The molecule has 152 valence electrons. The molecule has 0 radical (unpaired) electrons. The Hall–Kier alpha value is -0.570. The van der Waals surface area contributed by atoms with E-state index in [4.69, 9.17) is 16.3 Å². The lowest BCUT2D eigenvalue weighted by atomic mass is 9.44. The Morgan fingerprint density at radius 1 is 0.963 bits per heavy atom. The molecule has 27 heavy (non-hydrogen) atoms. The van der Waals surface area contributed by atoms with Gasteiger partial charge in [-0.1, -0.05) is 13.8 Å². The second-order valence-corrected chi connectivity index (χ2v) is 10.7. The van der Waals surface area contributed by atoms with Gasteiger partial charge in [0.1, 0.15) is 6.10 Å². The smallest absolute Gasteiger partial charge is 0.302 e. The zero-order valence-corrected chi connectivity index (χ0v) is 17.9. The summed E-state index contributed by atoms with van der Waals surface area (Å²) in [6, 6.07) is 0. The molecule has 0 aromatic carbocycles. The number of carbonyl (C=O) groups excluding carboxylic acids is 2. The van der Waals surface area contributed by atoms with Gasteiger partial charge in [-0.15, -0.1) is 11.6 Å². The van der Waals surface area contributed by atoms with Gasteiger partial charge in [0.2, 0.25) is 0 Å². The molecular weight excluding hydrogens is 360 g/mol. The Morgan fingerprint density at radius 2 is 1.67 bits per heavy atom. The van der Waals surface area contributed by atoms with Gasteiger partial charge in [0.15, 0.2) is 5.78 Å². The summed E-state index contributed by atoms with van der Waals surface area (Å²) in [5, 5.41) is 0. The van der Waals surface area contributed by atoms with Crippen molar-refractivity contribution >= 4 is 23.4 Å². The largest absolute Gasteiger partial charge is 0.463 e. The van der Waals surface area contributed by atoms with E-state index in [1.54, 1.807) is 0 Å². The maximum Gasteiger partial charge on any atom is 0.302 e. The van der Waals surface area contributed by atoms with Crippen molar-refractivity contribution in [1.29, 1.82) is 0 Å². The second-order valence-electron chi connectivity index (χ2n) is 10.4. The van der Waals surface area contributed by atoms with E-state index in [1.165, 1.54) is 45.4 Å². The Balaban J connectivity index is 1.53. The van der Waals surface area contributed by atoms with Crippen LogP contribution in [0.3, 0.4) is 0 Å². The Labute approximate surface area is 168 Å². The first-order valence-corrected chi connectivity index (χ1v) is 11.6. The van der Waals surface area contributed by atoms with Crippen LogP contribution in [0.4, 0.5) is 0 Å². The van der Waals surface area contributed by atoms with Crippen molar-refractivity contribution in [2.24, 2.45) is 40.4 Å². The van der Waals surface area contributed by atoms with Gasteiger partial charge < -0.3 is 4.74 Å². The first-order chi connectivity index (χ1) is 12.8. The summed E-state index contributed by atoms with van der Waals surface area (Å²) >= 11 is 5.94. The molecule has 8 atom stereocenters. The molecule has 4 fully saturated rings. The monoisotopic (exact) mass is 394 g/mol. The van der Waals surface area contributed by atoms with Gasteiger partial charge in [0.05, 0.1) is 5.88 Å². The lowest BCUT2D eigenvalue weighted by Crippen LogP contribution is -2.54. The lowest BCUT2D eigenvalue weighted by molar-refractivity contribution is -0.160. The summed E-state index contributed by atoms with van der Waals surface area (Å²) in [5.41, 5.74) is 0.556. The number of fused-ring (bicyclic) bond motifs is 5. The van der Waals surface area contributed by atoms with Gasteiger partial charge in [0.25, 0.3) is 0 Å². The predicted octanol–water partition coefficient (Wildman–Crippen LogP) is 5.38. The number of hydrogen-bond donors (Lipinski definition) is 0. The van der Waals surface area contributed by atoms with E-state index in [-0.39, 0.29) is 35.1 Å². The second kappa shape index (κ2) is 7.04. The summed E-state index contributed by atoms with van der Waals surface area (Å²) < 4.78 is 5.57. The number of Topliss-reactive ketones (excluding diaryl/α,β-unsaturated/α-hetero) is 1. The van der Waals surface area contributed by atoms with Crippen LogP contribution in [0.1, 0.15) is 78.6 Å². The van der Waals surface area contributed by atoms with Gasteiger partial charge in [-0.05, 0) is 92.3 Å². The van der Waals surface area contributed by atoms with E-state index in [2.05, 4.69) is 13.8 Å². The number of rotatable bonds is 3. The first-order valence-electron chi connectivity index (χ1n) is 11.1. The summed E-state index contributed by atoms with van der Waals surface area (Å²) in [6.07, 6.45) is 10.6. The molecular formula is C23H35ClO3. The molecule has 0 bridgehead atoms. The molecule has 0 heterocycles. The van der Waals surface area contributed by atoms with E-state index in [1.807, 2.05) is 0 Å². The van der Waals surface area contributed by atoms with Crippen LogP contribution in [0.15, 0.2) is 0 Å². The number of ketones is 1. The van der Waals surface area contributed by atoms with Crippen LogP contribution in [-0.2, 0) is 14.3 Å². The third-order valence-corrected chi connectivity index (χ3v) is 9.73. The summed E-state index contributed by atoms with van der Waals surface area (Å²) in [4.78, 5) is 23.9. The van der Waals surface area contributed by atoms with Crippen LogP contribution in [0.25, 0.3) is 0 Å². The Bertz CT molecular complexity index is 619. The minimum atomic E-state index is -0.133. The molecule has 4 aliphatic rings. The van der Waals surface area contributed by atoms with E-state index in [9.17, 15) is 9.59 Å². The minimum absolute atomic E-state index is 0.128. The summed E-state index contributed by atoms with van der Waals surface area (Å²) in [7, 11) is 0. The average Bonchev–Trinajstić information content (AvgIpc) is 2.98. The molecule has 0 aliphatic heterocycles. The number of esters is 1. The number of alkyl halides is 1. The van der Waals surface area contributed by atoms with Crippen LogP contribution in [0.5, 0.6) is 0 Å². The van der Waals surface area contributed by atoms with Crippen molar-refractivity contribution in [3.05, 3.63) is 0 Å². The maximum absolute atomic E-state index is 12.5. The SMILES string of the molecule is CC(=O)O[C@H]1CC[C@@]2(C)[C@@H](CC[C@@H]3[C@@H]2CC[C@]2(C)[C@@H](C(=O)CCl)CC[C@@H]32)C1. The van der Waals surface area contributed by atoms with Crippen LogP contribution < -0.4 is 0 Å². The quantitative estimate of drug-likeness (QED) is 0.476. The van der Waals surface area contributed by atoms with Gasteiger partial charge in [0, 0.05) is 12.8 Å². The van der Waals surface area contributed by atoms with Crippen LogP contribution in [0.2, 0.25) is 0 Å². The van der Waals surface area contributed by atoms with Crippen molar-refractivity contribution in [2.75, 3.05) is 5.88 Å². The molecule has 0 unspecified atom stereocenters. The third kappa shape index (κ3) is 3.07. The molecule has 0 aromatic rings. The molecule has 4 heteroatoms. The van der Waals surface area contributed by atoms with Crippen molar-refractivity contribution in [3.63, 3.8) is 0 Å². The Morgan fingerprint density at radius 3 is 2.37 bits per heavy atom.